The highest BCUT2D eigenvalue weighted by Crippen LogP contribution is 1.97. The third-order valence-corrected chi connectivity index (χ3v) is 4.27. The molecular formula is C10H20N4O2S. The fourth-order valence-electron chi connectivity index (χ4n) is 1.29. The van der Waals surface area contributed by atoms with Crippen LogP contribution in [-0.4, -0.2) is 48.9 Å². The smallest absolute Gasteiger partial charge is 0.214 e. The van der Waals surface area contributed by atoms with E-state index in [4.69, 9.17) is 0 Å². The number of aromatic nitrogens is 2. The van der Waals surface area contributed by atoms with Gasteiger partial charge in [0.15, 0.2) is 0 Å². The van der Waals surface area contributed by atoms with Crippen molar-refractivity contribution in [3.63, 3.8) is 0 Å². The molecule has 0 aliphatic carbocycles. The van der Waals surface area contributed by atoms with E-state index in [1.54, 1.807) is 20.3 Å². The van der Waals surface area contributed by atoms with Crippen molar-refractivity contribution in [2.75, 3.05) is 26.4 Å². The average molecular weight is 260 g/mol. The van der Waals surface area contributed by atoms with Crippen LogP contribution in [0.3, 0.4) is 0 Å². The van der Waals surface area contributed by atoms with Gasteiger partial charge in [0.1, 0.15) is 0 Å². The van der Waals surface area contributed by atoms with Crippen molar-refractivity contribution in [3.05, 3.63) is 18.0 Å². The molecule has 0 fully saturated rings. The van der Waals surface area contributed by atoms with Crippen LogP contribution in [-0.2, 0) is 23.1 Å². The number of hydrogen-bond acceptors (Lipinski definition) is 4. The summed E-state index contributed by atoms with van der Waals surface area (Å²) in [5.74, 6) is 0.113. The van der Waals surface area contributed by atoms with Gasteiger partial charge < -0.3 is 5.32 Å². The largest absolute Gasteiger partial charge is 0.311 e. The second-order valence-electron chi connectivity index (χ2n) is 3.98. The summed E-state index contributed by atoms with van der Waals surface area (Å²) in [7, 11) is -0.0175. The maximum atomic E-state index is 11.5. The number of sulfonamides is 1. The van der Waals surface area contributed by atoms with Crippen molar-refractivity contribution < 1.29 is 8.42 Å². The van der Waals surface area contributed by atoms with E-state index in [1.165, 1.54) is 4.31 Å². The first kappa shape index (κ1) is 14.1. The minimum absolute atomic E-state index is 0.113. The quantitative estimate of drug-likeness (QED) is 0.694. The average Bonchev–Trinajstić information content (AvgIpc) is 2.72. The second kappa shape index (κ2) is 6.13. The van der Waals surface area contributed by atoms with Crippen LogP contribution in [0.1, 0.15) is 12.5 Å². The topological polar surface area (TPSA) is 67.2 Å². The van der Waals surface area contributed by atoms with E-state index in [-0.39, 0.29) is 5.75 Å². The van der Waals surface area contributed by atoms with Crippen molar-refractivity contribution in [2.24, 2.45) is 0 Å². The van der Waals surface area contributed by atoms with Crippen LogP contribution in [0.4, 0.5) is 0 Å². The second-order valence-corrected chi connectivity index (χ2v) is 6.28. The summed E-state index contributed by atoms with van der Waals surface area (Å²) in [4.78, 5) is 0. The van der Waals surface area contributed by atoms with Crippen LogP contribution < -0.4 is 5.32 Å². The number of nitrogens with zero attached hydrogens (tertiary/aromatic N) is 3. The maximum absolute atomic E-state index is 11.5. The van der Waals surface area contributed by atoms with Crippen molar-refractivity contribution in [3.8, 4) is 0 Å². The zero-order valence-electron chi connectivity index (χ0n) is 10.5. The number of nitrogens with one attached hydrogen (secondary N) is 1. The first-order chi connectivity index (χ1) is 7.95. The van der Waals surface area contributed by atoms with Crippen LogP contribution in [0.25, 0.3) is 0 Å². The lowest BCUT2D eigenvalue weighted by molar-refractivity contribution is 0.517. The van der Waals surface area contributed by atoms with Gasteiger partial charge in [-0.05, 0) is 6.92 Å². The fraction of sp³-hybridized carbons (Fsp3) is 0.700. The molecule has 1 heterocycles. The van der Waals surface area contributed by atoms with Gasteiger partial charge in [-0.2, -0.15) is 5.10 Å². The lowest BCUT2D eigenvalue weighted by atomic mass is 10.3. The van der Waals surface area contributed by atoms with E-state index < -0.39 is 10.0 Å². The van der Waals surface area contributed by atoms with E-state index in [2.05, 4.69) is 10.4 Å². The minimum atomic E-state index is -3.10. The molecule has 0 bridgehead atoms. The van der Waals surface area contributed by atoms with Crippen molar-refractivity contribution in [1.82, 2.24) is 19.4 Å². The molecule has 98 valence electrons. The minimum Gasteiger partial charge on any atom is -0.311 e. The molecule has 1 aromatic heterocycles. The van der Waals surface area contributed by atoms with E-state index in [0.717, 1.165) is 12.1 Å². The van der Waals surface area contributed by atoms with Gasteiger partial charge in [-0.1, -0.05) is 0 Å². The Balaban J connectivity index is 2.29. The predicted molar refractivity (Wildman–Crippen MR) is 67.1 cm³/mol. The lowest BCUT2D eigenvalue weighted by Crippen LogP contribution is -2.30. The Morgan fingerprint density at radius 1 is 1.47 bits per heavy atom. The van der Waals surface area contributed by atoms with Gasteiger partial charge in [-0.15, -0.1) is 0 Å². The van der Waals surface area contributed by atoms with E-state index in [9.17, 15) is 8.42 Å². The van der Waals surface area contributed by atoms with E-state index >= 15 is 0 Å². The number of hydrogen-bond donors (Lipinski definition) is 1. The Kier molecular flexibility index (Phi) is 5.10. The molecule has 1 rings (SSSR count). The summed E-state index contributed by atoms with van der Waals surface area (Å²) >= 11 is 0. The van der Waals surface area contributed by atoms with Crippen LogP contribution in [0.15, 0.2) is 12.4 Å². The van der Waals surface area contributed by atoms with Gasteiger partial charge in [0, 0.05) is 45.5 Å². The summed E-state index contributed by atoms with van der Waals surface area (Å²) in [5.41, 5.74) is 1.06. The normalized spacial score (nSPS) is 12.2. The van der Waals surface area contributed by atoms with Crippen molar-refractivity contribution >= 4 is 10.0 Å². The van der Waals surface area contributed by atoms with Gasteiger partial charge in [-0.25, -0.2) is 12.7 Å². The summed E-state index contributed by atoms with van der Waals surface area (Å²) in [6.45, 7) is 3.95. The van der Waals surface area contributed by atoms with E-state index in [1.807, 2.05) is 17.8 Å². The third kappa shape index (κ3) is 4.45. The molecule has 0 aliphatic heterocycles. The van der Waals surface area contributed by atoms with Gasteiger partial charge in [0.05, 0.1) is 11.9 Å². The van der Waals surface area contributed by atoms with Gasteiger partial charge in [0.25, 0.3) is 0 Å². The lowest BCUT2D eigenvalue weighted by Gasteiger charge is -2.11. The molecule has 0 atom stereocenters. The Morgan fingerprint density at radius 2 is 2.18 bits per heavy atom. The molecule has 0 saturated heterocycles. The number of aryl methyl sites for hydroxylation is 1. The maximum Gasteiger partial charge on any atom is 0.214 e. The van der Waals surface area contributed by atoms with Crippen LogP contribution in [0.5, 0.6) is 0 Å². The monoisotopic (exact) mass is 260 g/mol. The summed E-state index contributed by atoms with van der Waals surface area (Å²) in [5, 5.41) is 7.23. The summed E-state index contributed by atoms with van der Waals surface area (Å²) in [6.07, 6.45) is 3.74. The SMILES string of the molecule is CCn1cc(CNCCS(=O)(=O)N(C)C)cn1. The molecule has 0 amide bonds. The molecule has 1 N–H and O–H groups in total. The zero-order chi connectivity index (χ0) is 12.9. The molecule has 1 aromatic rings. The molecule has 17 heavy (non-hydrogen) atoms. The molecule has 0 saturated carbocycles. The first-order valence-corrected chi connectivity index (χ1v) is 7.19. The summed E-state index contributed by atoms with van der Waals surface area (Å²) in [6, 6.07) is 0. The third-order valence-electron chi connectivity index (χ3n) is 2.43. The molecular weight excluding hydrogens is 240 g/mol. The zero-order valence-corrected chi connectivity index (χ0v) is 11.4. The highest BCUT2D eigenvalue weighted by Gasteiger charge is 2.12. The van der Waals surface area contributed by atoms with Crippen molar-refractivity contribution in [1.29, 1.82) is 0 Å². The predicted octanol–water partition coefficient (Wildman–Crippen LogP) is -0.116. The van der Waals surface area contributed by atoms with Crippen LogP contribution >= 0.6 is 0 Å². The Morgan fingerprint density at radius 3 is 2.71 bits per heavy atom. The molecule has 0 unspecified atom stereocenters. The van der Waals surface area contributed by atoms with Gasteiger partial charge in [0.2, 0.25) is 10.0 Å². The van der Waals surface area contributed by atoms with Crippen LogP contribution in [0, 0.1) is 0 Å². The summed E-state index contributed by atoms with van der Waals surface area (Å²) < 4.78 is 26.0. The molecule has 0 aliphatic rings. The molecule has 6 nitrogen and oxygen atoms in total. The Hall–Kier alpha value is -0.920. The molecule has 0 spiro atoms. The number of rotatable bonds is 7. The van der Waals surface area contributed by atoms with E-state index in [0.29, 0.717) is 13.1 Å². The molecule has 7 heteroatoms. The standard InChI is InChI=1S/C10H20N4O2S/c1-4-14-9-10(8-12-14)7-11-5-6-17(15,16)13(2)3/h8-9,11H,4-7H2,1-3H3. The van der Waals surface area contributed by atoms with Gasteiger partial charge >= 0.3 is 0 Å². The molecule has 0 aromatic carbocycles. The fourth-order valence-corrected chi connectivity index (χ4v) is 2.05. The Labute approximate surface area is 103 Å². The van der Waals surface area contributed by atoms with Crippen LogP contribution in [0.2, 0.25) is 0 Å². The van der Waals surface area contributed by atoms with Gasteiger partial charge in [-0.3, -0.25) is 4.68 Å². The first-order valence-electron chi connectivity index (χ1n) is 5.58. The Bertz CT molecular complexity index is 439. The van der Waals surface area contributed by atoms with Crippen molar-refractivity contribution in [2.45, 2.75) is 20.0 Å². The highest BCUT2D eigenvalue weighted by molar-refractivity contribution is 7.89. The molecule has 0 radical (unpaired) electrons. The highest BCUT2D eigenvalue weighted by atomic mass is 32.2.